The van der Waals surface area contributed by atoms with Crippen molar-refractivity contribution in [1.82, 2.24) is 4.98 Å². The van der Waals surface area contributed by atoms with E-state index in [4.69, 9.17) is 4.74 Å². The fraction of sp³-hybridized carbons (Fsp3) is 0.429. The Balaban J connectivity index is 2.63. The van der Waals surface area contributed by atoms with Gasteiger partial charge in [-0.05, 0) is 6.92 Å². The molecule has 0 aromatic carbocycles. The molecule has 11 heavy (non-hydrogen) atoms. The Labute approximate surface area is 69.0 Å². The lowest BCUT2D eigenvalue weighted by Gasteiger charge is -2.05. The Morgan fingerprint density at radius 1 is 2.00 bits per heavy atom. The summed E-state index contributed by atoms with van der Waals surface area (Å²) in [5, 5.41) is 1.76. The number of aldehydes is 1. The summed E-state index contributed by atoms with van der Waals surface area (Å²) in [6.07, 6.45) is 0.231. The van der Waals surface area contributed by atoms with E-state index in [2.05, 4.69) is 10.5 Å². The summed E-state index contributed by atoms with van der Waals surface area (Å²) >= 11 is 1.33. The van der Waals surface area contributed by atoms with E-state index in [-0.39, 0.29) is 0 Å². The van der Waals surface area contributed by atoms with Gasteiger partial charge in [-0.3, -0.25) is 4.79 Å². The van der Waals surface area contributed by atoms with Gasteiger partial charge in [0.15, 0.2) is 17.9 Å². The second-order valence-electron chi connectivity index (χ2n) is 1.88. The van der Waals surface area contributed by atoms with Gasteiger partial charge in [-0.1, -0.05) is 0 Å². The Bertz CT molecular complexity index is 210. The van der Waals surface area contributed by atoms with E-state index in [9.17, 15) is 4.79 Å². The summed E-state index contributed by atoms with van der Waals surface area (Å²) < 4.78 is 5.09. The van der Waals surface area contributed by atoms with Crippen molar-refractivity contribution in [3.05, 3.63) is 16.6 Å². The smallest absolute Gasteiger partial charge is 0.155 e. The summed E-state index contributed by atoms with van der Waals surface area (Å²) in [5.41, 5.74) is 3.30. The molecule has 1 heterocycles. The molecule has 3 nitrogen and oxygen atoms in total. The van der Waals surface area contributed by atoms with Gasteiger partial charge in [0.1, 0.15) is 0 Å². The first-order chi connectivity index (χ1) is 5.38. The molecule has 59 valence electrons. The summed E-state index contributed by atoms with van der Waals surface area (Å²) in [6.45, 7) is 2.35. The second-order valence-corrected chi connectivity index (χ2v) is 2.53. The molecule has 0 saturated heterocycles. The SMILES string of the molecule is CCOC(C=O)c1cs[c]n1. The van der Waals surface area contributed by atoms with Gasteiger partial charge < -0.3 is 4.74 Å². The molecule has 0 N–H and O–H groups in total. The zero-order chi connectivity index (χ0) is 8.10. The van der Waals surface area contributed by atoms with Crippen LogP contribution < -0.4 is 0 Å². The number of carbonyl (C=O) groups is 1. The Morgan fingerprint density at radius 3 is 3.27 bits per heavy atom. The first-order valence-electron chi connectivity index (χ1n) is 3.26. The predicted molar refractivity (Wildman–Crippen MR) is 41.4 cm³/mol. The highest BCUT2D eigenvalue weighted by molar-refractivity contribution is 7.07. The van der Waals surface area contributed by atoms with Crippen molar-refractivity contribution in [3.63, 3.8) is 0 Å². The van der Waals surface area contributed by atoms with Gasteiger partial charge in [-0.15, -0.1) is 11.3 Å². The van der Waals surface area contributed by atoms with Gasteiger partial charge in [0.2, 0.25) is 0 Å². The van der Waals surface area contributed by atoms with E-state index in [1.54, 1.807) is 5.38 Å². The molecule has 1 atom stereocenters. The maximum atomic E-state index is 10.4. The number of rotatable bonds is 4. The Kier molecular flexibility index (Phi) is 3.19. The highest BCUT2D eigenvalue weighted by Gasteiger charge is 2.10. The number of nitrogens with zero attached hydrogens (tertiary/aromatic N) is 1. The second kappa shape index (κ2) is 4.20. The predicted octanol–water partition coefficient (Wildman–Crippen LogP) is 1.22. The quantitative estimate of drug-likeness (QED) is 0.638. The van der Waals surface area contributed by atoms with Crippen LogP contribution in [-0.4, -0.2) is 17.9 Å². The molecule has 1 aromatic rings. The minimum atomic E-state index is -0.512. The fourth-order valence-electron chi connectivity index (χ4n) is 0.697. The summed E-state index contributed by atoms with van der Waals surface area (Å²) in [4.78, 5) is 14.3. The van der Waals surface area contributed by atoms with E-state index in [0.717, 1.165) is 6.29 Å². The summed E-state index contributed by atoms with van der Waals surface area (Å²) in [6, 6.07) is 0. The van der Waals surface area contributed by atoms with Gasteiger partial charge in [-0.2, -0.15) is 0 Å². The number of aromatic nitrogens is 1. The van der Waals surface area contributed by atoms with E-state index < -0.39 is 6.10 Å². The number of ether oxygens (including phenoxy) is 1. The molecule has 0 amide bonds. The number of hydrogen-bond acceptors (Lipinski definition) is 4. The van der Waals surface area contributed by atoms with Crippen molar-refractivity contribution in [2.24, 2.45) is 0 Å². The van der Waals surface area contributed by atoms with Crippen molar-refractivity contribution in [2.45, 2.75) is 13.0 Å². The lowest BCUT2D eigenvalue weighted by atomic mass is 10.3. The molecule has 0 aliphatic heterocycles. The van der Waals surface area contributed by atoms with Crippen LogP contribution in [0.5, 0.6) is 0 Å². The van der Waals surface area contributed by atoms with Gasteiger partial charge in [0, 0.05) is 12.0 Å². The minimum Gasteiger partial charge on any atom is -0.365 e. The molecular formula is C7H8NO2S. The standard InChI is InChI=1S/C7H8NO2S/c1-2-10-7(3-9)6-4-11-5-8-6/h3-4,7H,2H2,1H3. The van der Waals surface area contributed by atoms with Gasteiger partial charge in [-0.25, -0.2) is 4.98 Å². The van der Waals surface area contributed by atoms with Crippen LogP contribution in [0, 0.1) is 5.51 Å². The van der Waals surface area contributed by atoms with Gasteiger partial charge in [0.05, 0.1) is 5.69 Å². The van der Waals surface area contributed by atoms with Crippen LogP contribution in [0.3, 0.4) is 0 Å². The van der Waals surface area contributed by atoms with Gasteiger partial charge >= 0.3 is 0 Å². The third-order valence-electron chi connectivity index (χ3n) is 1.17. The van der Waals surface area contributed by atoms with Crippen LogP contribution >= 0.6 is 11.3 Å². The molecule has 0 aliphatic rings. The molecule has 0 fully saturated rings. The average molecular weight is 170 g/mol. The maximum absolute atomic E-state index is 10.4. The molecule has 0 bridgehead atoms. The highest BCUT2D eigenvalue weighted by Crippen LogP contribution is 2.13. The van der Waals surface area contributed by atoms with Gasteiger partial charge in [0.25, 0.3) is 0 Å². The topological polar surface area (TPSA) is 39.2 Å². The molecular weight excluding hydrogens is 162 g/mol. The molecule has 4 heteroatoms. The zero-order valence-corrected chi connectivity index (χ0v) is 6.93. The van der Waals surface area contributed by atoms with Crippen LogP contribution in [0.15, 0.2) is 5.38 Å². The molecule has 1 radical (unpaired) electrons. The van der Waals surface area contributed by atoms with Crippen molar-refractivity contribution in [2.75, 3.05) is 6.61 Å². The molecule has 0 aliphatic carbocycles. The largest absolute Gasteiger partial charge is 0.365 e. The Hall–Kier alpha value is -0.740. The first kappa shape index (κ1) is 8.36. The van der Waals surface area contributed by atoms with Crippen LogP contribution in [0.4, 0.5) is 0 Å². The van der Waals surface area contributed by atoms with Crippen LogP contribution in [0.1, 0.15) is 18.7 Å². The number of thiazole rings is 1. The van der Waals surface area contributed by atoms with Crippen LogP contribution in [0.2, 0.25) is 0 Å². The fourth-order valence-corrected chi connectivity index (χ4v) is 1.22. The summed E-state index contributed by atoms with van der Waals surface area (Å²) in [7, 11) is 0. The zero-order valence-electron chi connectivity index (χ0n) is 6.11. The van der Waals surface area contributed by atoms with Crippen molar-refractivity contribution < 1.29 is 9.53 Å². The molecule has 1 rings (SSSR count). The lowest BCUT2D eigenvalue weighted by molar-refractivity contribution is -0.118. The van der Waals surface area contributed by atoms with E-state index in [1.807, 2.05) is 6.92 Å². The molecule has 0 saturated carbocycles. The molecule has 0 spiro atoms. The normalized spacial score (nSPS) is 12.8. The van der Waals surface area contributed by atoms with Crippen molar-refractivity contribution in [1.29, 1.82) is 0 Å². The van der Waals surface area contributed by atoms with Crippen molar-refractivity contribution >= 4 is 17.6 Å². The third-order valence-corrected chi connectivity index (χ3v) is 1.72. The number of hydrogen-bond donors (Lipinski definition) is 0. The molecule has 1 aromatic heterocycles. The summed E-state index contributed by atoms with van der Waals surface area (Å²) in [5.74, 6) is 0. The Morgan fingerprint density at radius 2 is 2.82 bits per heavy atom. The minimum absolute atomic E-state index is 0.512. The van der Waals surface area contributed by atoms with E-state index in [0.29, 0.717) is 12.3 Å². The third kappa shape index (κ3) is 2.10. The van der Waals surface area contributed by atoms with Crippen molar-refractivity contribution in [3.8, 4) is 0 Å². The number of carbonyl (C=O) groups excluding carboxylic acids is 1. The molecule has 1 unspecified atom stereocenters. The maximum Gasteiger partial charge on any atom is 0.155 e. The van der Waals surface area contributed by atoms with E-state index in [1.165, 1.54) is 11.3 Å². The lowest BCUT2D eigenvalue weighted by Crippen LogP contribution is -2.05. The first-order valence-corrected chi connectivity index (χ1v) is 4.14. The van der Waals surface area contributed by atoms with Crippen LogP contribution in [0.25, 0.3) is 0 Å². The average Bonchev–Trinajstić information content (AvgIpc) is 2.52. The monoisotopic (exact) mass is 170 g/mol. The highest BCUT2D eigenvalue weighted by atomic mass is 32.1. The van der Waals surface area contributed by atoms with Crippen LogP contribution in [-0.2, 0) is 9.53 Å². The van der Waals surface area contributed by atoms with E-state index >= 15 is 0 Å².